The zero-order valence-electron chi connectivity index (χ0n) is 15.1. The van der Waals surface area contributed by atoms with E-state index in [-0.39, 0.29) is 5.56 Å². The Morgan fingerprint density at radius 1 is 0.931 bits per heavy atom. The number of halogens is 3. The van der Waals surface area contributed by atoms with Crippen molar-refractivity contribution in [1.82, 2.24) is 4.98 Å². The van der Waals surface area contributed by atoms with Crippen LogP contribution in [-0.2, 0) is 12.6 Å². The van der Waals surface area contributed by atoms with E-state index in [0.29, 0.717) is 17.5 Å². The number of hydrogen-bond donors (Lipinski definition) is 1. The first-order valence-corrected chi connectivity index (χ1v) is 8.90. The second kappa shape index (κ2) is 7.13. The third-order valence-electron chi connectivity index (χ3n) is 4.77. The summed E-state index contributed by atoms with van der Waals surface area (Å²) in [5.41, 5.74) is 3.03. The molecule has 1 N–H and O–H groups in total. The summed E-state index contributed by atoms with van der Waals surface area (Å²) in [4.78, 5) is 14.4. The number of H-pyrrole nitrogens is 1. The van der Waals surface area contributed by atoms with E-state index in [1.165, 1.54) is 18.2 Å². The van der Waals surface area contributed by atoms with Gasteiger partial charge in [0.1, 0.15) is 0 Å². The molecule has 3 aromatic carbocycles. The number of aromatic carboxylic acids is 1. The normalized spacial score (nSPS) is 11.7. The van der Waals surface area contributed by atoms with Crippen LogP contribution in [0.1, 0.15) is 27.2 Å². The fourth-order valence-corrected chi connectivity index (χ4v) is 3.44. The molecule has 0 radical (unpaired) electrons. The third-order valence-corrected chi connectivity index (χ3v) is 4.77. The molecule has 0 fully saturated rings. The molecule has 4 aromatic rings. The minimum Gasteiger partial charge on any atom is -0.545 e. The number of rotatable bonds is 4. The number of carbonyl (C=O) groups is 1. The van der Waals surface area contributed by atoms with E-state index >= 15 is 0 Å². The highest BCUT2D eigenvalue weighted by Crippen LogP contribution is 2.32. The minimum atomic E-state index is -4.38. The molecule has 0 bridgehead atoms. The molecule has 0 unspecified atom stereocenters. The molecule has 1 heterocycles. The molecule has 29 heavy (non-hydrogen) atoms. The zero-order valence-corrected chi connectivity index (χ0v) is 15.1. The summed E-state index contributed by atoms with van der Waals surface area (Å²) >= 11 is 0. The van der Waals surface area contributed by atoms with E-state index < -0.39 is 17.7 Å². The van der Waals surface area contributed by atoms with Crippen molar-refractivity contribution in [3.63, 3.8) is 0 Å². The molecule has 0 saturated carbocycles. The Balaban J connectivity index is 1.72. The number of hydrogen-bond acceptors (Lipinski definition) is 2. The molecule has 0 amide bonds. The number of carboxylic acid groups (broad SMARTS) is 1. The highest BCUT2D eigenvalue weighted by atomic mass is 19.4. The molecule has 146 valence electrons. The van der Waals surface area contributed by atoms with Gasteiger partial charge in [-0.05, 0) is 34.9 Å². The Hall–Kier alpha value is -3.54. The molecule has 6 heteroatoms. The molecule has 1 aromatic heterocycles. The summed E-state index contributed by atoms with van der Waals surface area (Å²) in [7, 11) is 0. The Morgan fingerprint density at radius 3 is 2.45 bits per heavy atom. The van der Waals surface area contributed by atoms with Gasteiger partial charge in [-0.2, -0.15) is 13.2 Å². The van der Waals surface area contributed by atoms with E-state index in [9.17, 15) is 23.1 Å². The number of para-hydroxylation sites is 1. The molecule has 0 spiro atoms. The third kappa shape index (κ3) is 3.87. The number of aromatic amines is 1. The summed E-state index contributed by atoms with van der Waals surface area (Å²) in [6.45, 7) is 0. The molecule has 0 aliphatic carbocycles. The second-order valence-electron chi connectivity index (χ2n) is 6.81. The van der Waals surface area contributed by atoms with Crippen LogP contribution in [0.3, 0.4) is 0 Å². The quantitative estimate of drug-likeness (QED) is 0.540. The number of alkyl halides is 3. The number of fused-ring (bicyclic) bond motifs is 1. The maximum absolute atomic E-state index is 13.0. The van der Waals surface area contributed by atoms with Crippen LogP contribution >= 0.6 is 0 Å². The van der Waals surface area contributed by atoms with Gasteiger partial charge in [0.2, 0.25) is 0 Å². The summed E-state index contributed by atoms with van der Waals surface area (Å²) in [6, 6.07) is 19.2. The summed E-state index contributed by atoms with van der Waals surface area (Å²) in [6.07, 6.45) is -4.06. The monoisotopic (exact) mass is 394 g/mol. The Bertz CT molecular complexity index is 1210. The van der Waals surface area contributed by atoms with Crippen LogP contribution in [0.25, 0.3) is 22.0 Å². The highest BCUT2D eigenvalue weighted by molar-refractivity contribution is 5.96. The molecule has 0 aliphatic heterocycles. The number of nitrogens with one attached hydrogen (secondary N) is 1. The van der Waals surface area contributed by atoms with Gasteiger partial charge in [-0.3, -0.25) is 0 Å². The number of carbonyl (C=O) groups excluding carboxylic acids is 1. The zero-order chi connectivity index (χ0) is 20.6. The standard InChI is InChI=1S/C23H16F3NO2/c24-23(25,26)18-8-1-4-14(10-18)11-19-13-16-6-3-9-20(21(16)27-19)15-5-2-7-17(12-15)22(28)29/h1-10,12-13,27H,11H2,(H,28,29)/p-1. The van der Waals surface area contributed by atoms with Gasteiger partial charge in [0, 0.05) is 23.1 Å². The van der Waals surface area contributed by atoms with Gasteiger partial charge >= 0.3 is 6.18 Å². The van der Waals surface area contributed by atoms with Crippen molar-refractivity contribution in [1.29, 1.82) is 0 Å². The molecule has 0 aliphatic rings. The number of benzene rings is 3. The van der Waals surface area contributed by atoms with Crippen molar-refractivity contribution in [3.8, 4) is 11.1 Å². The van der Waals surface area contributed by atoms with Crippen molar-refractivity contribution in [3.05, 3.63) is 95.2 Å². The molecule has 4 rings (SSSR count). The molecule has 0 atom stereocenters. The lowest BCUT2D eigenvalue weighted by Crippen LogP contribution is -2.22. The highest BCUT2D eigenvalue weighted by Gasteiger charge is 2.30. The molecule has 3 nitrogen and oxygen atoms in total. The predicted molar refractivity (Wildman–Crippen MR) is 102 cm³/mol. The number of aromatic nitrogens is 1. The van der Waals surface area contributed by atoms with Gasteiger partial charge in [0.05, 0.1) is 17.0 Å². The SMILES string of the molecule is O=C([O-])c1cccc(-c2cccc3cc(Cc4cccc(C(F)(F)F)c4)[nH]c23)c1. The van der Waals surface area contributed by atoms with E-state index in [2.05, 4.69) is 4.98 Å². The maximum Gasteiger partial charge on any atom is 0.416 e. The number of carboxylic acids is 1. The van der Waals surface area contributed by atoms with Crippen molar-refractivity contribution in [2.45, 2.75) is 12.6 Å². The Morgan fingerprint density at radius 2 is 1.69 bits per heavy atom. The van der Waals surface area contributed by atoms with Crippen LogP contribution in [-0.4, -0.2) is 11.0 Å². The smallest absolute Gasteiger partial charge is 0.416 e. The van der Waals surface area contributed by atoms with Crippen LogP contribution < -0.4 is 5.11 Å². The first kappa shape index (κ1) is 18.8. The first-order valence-electron chi connectivity index (χ1n) is 8.90. The lowest BCUT2D eigenvalue weighted by Gasteiger charge is -2.08. The van der Waals surface area contributed by atoms with E-state index in [1.807, 2.05) is 24.3 Å². The average molecular weight is 394 g/mol. The fraction of sp³-hybridized carbons (Fsp3) is 0.0870. The van der Waals surface area contributed by atoms with Crippen molar-refractivity contribution in [2.75, 3.05) is 0 Å². The molecular weight excluding hydrogens is 379 g/mol. The second-order valence-corrected chi connectivity index (χ2v) is 6.81. The predicted octanol–water partition coefficient (Wildman–Crippen LogP) is 4.81. The fourth-order valence-electron chi connectivity index (χ4n) is 3.44. The van der Waals surface area contributed by atoms with Gasteiger partial charge in [-0.15, -0.1) is 0 Å². The van der Waals surface area contributed by atoms with Gasteiger partial charge in [0.15, 0.2) is 0 Å². The van der Waals surface area contributed by atoms with Crippen LogP contribution in [0.5, 0.6) is 0 Å². The van der Waals surface area contributed by atoms with Crippen LogP contribution in [0.4, 0.5) is 13.2 Å². The van der Waals surface area contributed by atoms with Crippen LogP contribution in [0, 0.1) is 0 Å². The summed E-state index contributed by atoms with van der Waals surface area (Å²) in [5, 5.41) is 12.0. The van der Waals surface area contributed by atoms with Gasteiger partial charge < -0.3 is 14.9 Å². The van der Waals surface area contributed by atoms with Gasteiger partial charge in [0.25, 0.3) is 0 Å². The van der Waals surface area contributed by atoms with Crippen molar-refractivity contribution < 1.29 is 23.1 Å². The summed E-state index contributed by atoms with van der Waals surface area (Å²) < 4.78 is 38.9. The van der Waals surface area contributed by atoms with E-state index in [0.717, 1.165) is 34.3 Å². The van der Waals surface area contributed by atoms with E-state index in [1.54, 1.807) is 18.2 Å². The Kier molecular flexibility index (Phi) is 4.62. The lowest BCUT2D eigenvalue weighted by atomic mass is 10.0. The topological polar surface area (TPSA) is 55.9 Å². The largest absolute Gasteiger partial charge is 0.545 e. The van der Waals surface area contributed by atoms with E-state index in [4.69, 9.17) is 0 Å². The molecule has 0 saturated heterocycles. The Labute approximate surface area is 164 Å². The van der Waals surface area contributed by atoms with Crippen LogP contribution in [0.2, 0.25) is 0 Å². The van der Waals surface area contributed by atoms with Crippen molar-refractivity contribution in [2.24, 2.45) is 0 Å². The lowest BCUT2D eigenvalue weighted by molar-refractivity contribution is -0.255. The molecular formula is C23H15F3NO2-. The van der Waals surface area contributed by atoms with Gasteiger partial charge in [-0.25, -0.2) is 0 Å². The van der Waals surface area contributed by atoms with Gasteiger partial charge in [-0.1, -0.05) is 54.6 Å². The minimum absolute atomic E-state index is 0.0789. The van der Waals surface area contributed by atoms with Crippen LogP contribution in [0.15, 0.2) is 72.8 Å². The average Bonchev–Trinajstić information content (AvgIpc) is 3.10. The maximum atomic E-state index is 13.0. The summed E-state index contributed by atoms with van der Waals surface area (Å²) in [5.74, 6) is -1.25. The first-order chi connectivity index (χ1) is 13.8. The van der Waals surface area contributed by atoms with Crippen molar-refractivity contribution >= 4 is 16.9 Å².